The number of aliphatic imine (C=N–C) groups is 1. The van der Waals surface area contributed by atoms with Crippen molar-refractivity contribution in [3.05, 3.63) is 0 Å². The molecule has 0 saturated carbocycles. The largest absolute Gasteiger partial charge is 0.355 e. The van der Waals surface area contributed by atoms with Gasteiger partial charge < -0.3 is 15.5 Å². The van der Waals surface area contributed by atoms with E-state index in [2.05, 4.69) is 55.4 Å². The first-order chi connectivity index (χ1) is 8.91. The molecule has 0 aliphatic carbocycles. The van der Waals surface area contributed by atoms with Crippen molar-refractivity contribution >= 4 is 41.7 Å². The third-order valence-electron chi connectivity index (χ3n) is 4.20. The fourth-order valence-electron chi connectivity index (χ4n) is 2.07. The molecule has 120 valence electrons. The molecule has 6 heteroatoms. The van der Waals surface area contributed by atoms with Crippen LogP contribution in [0.25, 0.3) is 0 Å². The van der Waals surface area contributed by atoms with Crippen LogP contribution in [0.5, 0.6) is 0 Å². The van der Waals surface area contributed by atoms with Crippen molar-refractivity contribution in [3.63, 3.8) is 0 Å². The summed E-state index contributed by atoms with van der Waals surface area (Å²) in [6.07, 6.45) is 1.24. The third-order valence-corrected chi connectivity index (χ3v) is 5.44. The van der Waals surface area contributed by atoms with Gasteiger partial charge in [0.05, 0.1) is 0 Å². The first kappa shape index (κ1) is 20.3. The molecule has 0 aromatic heterocycles. The van der Waals surface area contributed by atoms with Crippen LogP contribution in [0.4, 0.5) is 0 Å². The summed E-state index contributed by atoms with van der Waals surface area (Å²) in [4.78, 5) is 6.69. The highest BCUT2D eigenvalue weighted by molar-refractivity contribution is 14.0. The predicted molar refractivity (Wildman–Crippen MR) is 103 cm³/mol. The highest BCUT2D eigenvalue weighted by Gasteiger charge is 2.36. The van der Waals surface area contributed by atoms with Crippen LogP contribution in [0, 0.1) is 5.92 Å². The van der Waals surface area contributed by atoms with Gasteiger partial charge >= 0.3 is 0 Å². The summed E-state index contributed by atoms with van der Waals surface area (Å²) in [5.74, 6) is 3.97. The van der Waals surface area contributed by atoms with Crippen LogP contribution in [0.3, 0.4) is 0 Å². The number of rotatable bonds is 5. The van der Waals surface area contributed by atoms with Crippen molar-refractivity contribution in [2.75, 3.05) is 39.2 Å². The van der Waals surface area contributed by atoms with Gasteiger partial charge in [0.2, 0.25) is 0 Å². The molecule has 0 bridgehead atoms. The van der Waals surface area contributed by atoms with Gasteiger partial charge in [0.15, 0.2) is 5.96 Å². The Morgan fingerprint density at radius 2 is 2.00 bits per heavy atom. The number of thioether (sulfide) groups is 1. The Bertz CT molecular complexity index is 302. The Labute approximate surface area is 145 Å². The SMILES string of the molecule is CN=C(NCC1(N(C)C)CCSC1)NC(C)C(C)C.I. The zero-order valence-electron chi connectivity index (χ0n) is 13.7. The Morgan fingerprint density at radius 3 is 2.40 bits per heavy atom. The summed E-state index contributed by atoms with van der Waals surface area (Å²) in [5.41, 5.74) is 0.267. The minimum Gasteiger partial charge on any atom is -0.355 e. The van der Waals surface area contributed by atoms with E-state index < -0.39 is 0 Å². The van der Waals surface area contributed by atoms with Crippen LogP contribution in [0.2, 0.25) is 0 Å². The second-order valence-electron chi connectivity index (χ2n) is 6.02. The third kappa shape index (κ3) is 5.60. The lowest BCUT2D eigenvalue weighted by molar-refractivity contribution is 0.182. The molecule has 1 rings (SSSR count). The van der Waals surface area contributed by atoms with Gasteiger partial charge in [-0.2, -0.15) is 11.8 Å². The van der Waals surface area contributed by atoms with Gasteiger partial charge in [0.1, 0.15) is 0 Å². The normalized spacial score (nSPS) is 24.7. The van der Waals surface area contributed by atoms with Crippen LogP contribution in [0.15, 0.2) is 4.99 Å². The molecule has 1 fully saturated rings. The molecule has 1 heterocycles. The van der Waals surface area contributed by atoms with Gasteiger partial charge in [-0.25, -0.2) is 0 Å². The molecular formula is C14H31IN4S. The zero-order valence-corrected chi connectivity index (χ0v) is 16.8. The zero-order chi connectivity index (χ0) is 14.5. The van der Waals surface area contributed by atoms with Crippen molar-refractivity contribution < 1.29 is 0 Å². The smallest absolute Gasteiger partial charge is 0.191 e. The summed E-state index contributed by atoms with van der Waals surface area (Å²) >= 11 is 2.05. The molecule has 0 radical (unpaired) electrons. The summed E-state index contributed by atoms with van der Waals surface area (Å²) in [6, 6.07) is 0.430. The minimum absolute atomic E-state index is 0. The molecule has 2 unspecified atom stereocenters. The fraction of sp³-hybridized carbons (Fsp3) is 0.929. The quantitative estimate of drug-likeness (QED) is 0.411. The number of hydrogen-bond acceptors (Lipinski definition) is 3. The molecule has 20 heavy (non-hydrogen) atoms. The summed E-state index contributed by atoms with van der Waals surface area (Å²) in [5, 5.41) is 6.96. The highest BCUT2D eigenvalue weighted by Crippen LogP contribution is 2.31. The van der Waals surface area contributed by atoms with Crippen LogP contribution >= 0.6 is 35.7 Å². The van der Waals surface area contributed by atoms with Crippen molar-refractivity contribution in [3.8, 4) is 0 Å². The van der Waals surface area contributed by atoms with Gasteiger partial charge in [0, 0.05) is 30.9 Å². The van der Waals surface area contributed by atoms with Gasteiger partial charge in [-0.3, -0.25) is 4.99 Å². The Balaban J connectivity index is 0.00000361. The fourth-order valence-corrected chi connectivity index (χ4v) is 3.63. The number of nitrogens with zero attached hydrogens (tertiary/aromatic N) is 2. The molecule has 0 aromatic carbocycles. The molecule has 1 saturated heterocycles. The van der Waals surface area contributed by atoms with E-state index in [9.17, 15) is 0 Å². The standard InChI is InChI=1S/C14H30N4S.HI/c1-11(2)12(3)17-13(15-4)16-9-14(18(5)6)7-8-19-10-14;/h11-12H,7-10H2,1-6H3,(H2,15,16,17);1H. The van der Waals surface area contributed by atoms with Crippen LogP contribution in [-0.4, -0.2) is 61.6 Å². The number of guanidine groups is 1. The van der Waals surface area contributed by atoms with Crippen LogP contribution in [-0.2, 0) is 0 Å². The lowest BCUT2D eigenvalue weighted by Crippen LogP contribution is -2.55. The molecule has 0 aromatic rings. The van der Waals surface area contributed by atoms with Gasteiger partial charge in [-0.05, 0) is 39.1 Å². The van der Waals surface area contributed by atoms with Crippen molar-refractivity contribution in [1.82, 2.24) is 15.5 Å². The Morgan fingerprint density at radius 1 is 1.35 bits per heavy atom. The summed E-state index contributed by atoms with van der Waals surface area (Å²) < 4.78 is 0. The van der Waals surface area contributed by atoms with E-state index in [1.165, 1.54) is 17.9 Å². The van der Waals surface area contributed by atoms with Crippen LogP contribution < -0.4 is 10.6 Å². The Kier molecular flexibility index (Phi) is 9.50. The lowest BCUT2D eigenvalue weighted by atomic mass is 9.97. The maximum absolute atomic E-state index is 4.33. The van der Waals surface area contributed by atoms with E-state index >= 15 is 0 Å². The van der Waals surface area contributed by atoms with Crippen molar-refractivity contribution in [2.24, 2.45) is 10.9 Å². The number of halogens is 1. The van der Waals surface area contributed by atoms with Crippen molar-refractivity contribution in [1.29, 1.82) is 0 Å². The number of likely N-dealkylation sites (N-methyl/N-ethyl adjacent to an activating group) is 1. The first-order valence-corrected chi connectivity index (χ1v) is 8.29. The topological polar surface area (TPSA) is 39.7 Å². The van der Waals surface area contributed by atoms with Gasteiger partial charge in [-0.1, -0.05) is 13.8 Å². The number of nitrogens with one attached hydrogen (secondary N) is 2. The Hall–Kier alpha value is 0.310. The molecule has 1 aliphatic heterocycles. The average Bonchev–Trinajstić information content (AvgIpc) is 2.84. The average molecular weight is 414 g/mol. The predicted octanol–water partition coefficient (Wildman–Crippen LogP) is 2.25. The summed E-state index contributed by atoms with van der Waals surface area (Å²) in [6.45, 7) is 7.60. The second-order valence-corrected chi connectivity index (χ2v) is 7.13. The van der Waals surface area contributed by atoms with E-state index in [4.69, 9.17) is 0 Å². The monoisotopic (exact) mass is 414 g/mol. The molecule has 0 spiro atoms. The minimum atomic E-state index is 0. The molecule has 0 amide bonds. The molecule has 4 nitrogen and oxygen atoms in total. The van der Waals surface area contributed by atoms with E-state index in [0.717, 1.165) is 12.5 Å². The van der Waals surface area contributed by atoms with E-state index in [1.54, 1.807) is 0 Å². The molecule has 1 aliphatic rings. The molecular weight excluding hydrogens is 383 g/mol. The van der Waals surface area contributed by atoms with Crippen molar-refractivity contribution in [2.45, 2.75) is 38.8 Å². The maximum atomic E-state index is 4.33. The molecule has 2 atom stereocenters. The van der Waals surface area contributed by atoms with Crippen LogP contribution in [0.1, 0.15) is 27.2 Å². The van der Waals surface area contributed by atoms with E-state index in [-0.39, 0.29) is 29.5 Å². The van der Waals surface area contributed by atoms with E-state index in [0.29, 0.717) is 12.0 Å². The maximum Gasteiger partial charge on any atom is 0.191 e. The first-order valence-electron chi connectivity index (χ1n) is 7.13. The summed E-state index contributed by atoms with van der Waals surface area (Å²) in [7, 11) is 6.20. The van der Waals surface area contributed by atoms with Gasteiger partial charge in [-0.15, -0.1) is 24.0 Å². The highest BCUT2D eigenvalue weighted by atomic mass is 127. The second kappa shape index (κ2) is 9.35. The van der Waals surface area contributed by atoms with Gasteiger partial charge in [0.25, 0.3) is 0 Å². The number of hydrogen-bond donors (Lipinski definition) is 2. The lowest BCUT2D eigenvalue weighted by Gasteiger charge is -2.36. The van der Waals surface area contributed by atoms with E-state index in [1.807, 2.05) is 18.8 Å². The molecule has 2 N–H and O–H groups in total.